The van der Waals surface area contributed by atoms with Crippen LogP contribution in [0.5, 0.6) is 0 Å². The van der Waals surface area contributed by atoms with E-state index in [0.29, 0.717) is 12.3 Å². The molecule has 1 aliphatic carbocycles. The maximum absolute atomic E-state index is 13.6. The maximum atomic E-state index is 13.6. The Balaban J connectivity index is 1.68. The Morgan fingerprint density at radius 1 is 1.20 bits per heavy atom. The molecule has 5 rings (SSSR count). The van der Waals surface area contributed by atoms with Crippen molar-refractivity contribution in [2.24, 2.45) is 15.6 Å². The van der Waals surface area contributed by atoms with Gasteiger partial charge < -0.3 is 10.1 Å². The van der Waals surface area contributed by atoms with E-state index in [0.717, 1.165) is 55.7 Å². The Labute approximate surface area is 178 Å². The summed E-state index contributed by atoms with van der Waals surface area (Å²) >= 11 is 0. The van der Waals surface area contributed by atoms with Gasteiger partial charge in [-0.05, 0) is 48.1 Å². The highest BCUT2D eigenvalue weighted by molar-refractivity contribution is 6.01. The number of benzene rings is 1. The van der Waals surface area contributed by atoms with E-state index in [1.807, 2.05) is 6.20 Å². The average molecular weight is 406 g/mol. The molecule has 0 bridgehead atoms. The number of fused-ring (bicyclic) bond motifs is 1. The molecule has 0 aromatic heterocycles. The smallest absolute Gasteiger partial charge is 0.164 e. The Morgan fingerprint density at radius 2 is 2.00 bits per heavy atom. The SMILES string of the molecule is CCC1(c2cccc(C3CCOCC3)c2)C2=CN=NC2NC2=C1C(=O)CC(C)(C)C2. The minimum Gasteiger partial charge on any atom is -0.381 e. The fourth-order valence-corrected chi connectivity index (χ4v) is 5.98. The zero-order chi connectivity index (χ0) is 20.9. The summed E-state index contributed by atoms with van der Waals surface area (Å²) in [6.07, 6.45) is 6.11. The van der Waals surface area contributed by atoms with Crippen molar-refractivity contribution in [2.75, 3.05) is 13.2 Å². The van der Waals surface area contributed by atoms with Gasteiger partial charge in [-0.2, -0.15) is 10.2 Å². The van der Waals surface area contributed by atoms with Gasteiger partial charge in [0.05, 0.1) is 11.6 Å². The van der Waals surface area contributed by atoms with Crippen molar-refractivity contribution in [3.8, 4) is 0 Å². The first kappa shape index (κ1) is 19.7. The lowest BCUT2D eigenvalue weighted by Crippen LogP contribution is -2.51. The second-order valence-corrected chi connectivity index (χ2v) is 9.93. The lowest BCUT2D eigenvalue weighted by Gasteiger charge is -2.48. The van der Waals surface area contributed by atoms with Crippen molar-refractivity contribution in [2.45, 2.75) is 70.4 Å². The summed E-state index contributed by atoms with van der Waals surface area (Å²) in [6.45, 7) is 8.20. The molecule has 5 nitrogen and oxygen atoms in total. The number of rotatable bonds is 3. The predicted octanol–water partition coefficient (Wildman–Crippen LogP) is 5.15. The standard InChI is InChI=1S/C25H31N3O2/c1-4-25(18-7-5-6-17(12-18)16-8-10-30-11-9-16)19-15-26-28-23(19)27-20-13-24(2,3)14-21(29)22(20)25/h5-7,12,15-16,23,27H,4,8-11,13-14H2,1-3H3. The topological polar surface area (TPSA) is 63.1 Å². The van der Waals surface area contributed by atoms with Crippen molar-refractivity contribution in [1.82, 2.24) is 5.32 Å². The number of nitrogens with one attached hydrogen (secondary N) is 1. The second-order valence-electron chi connectivity index (χ2n) is 9.93. The third kappa shape index (κ3) is 2.97. The van der Waals surface area contributed by atoms with Gasteiger partial charge in [-0.1, -0.05) is 45.0 Å². The van der Waals surface area contributed by atoms with Crippen LogP contribution < -0.4 is 5.32 Å². The van der Waals surface area contributed by atoms with Gasteiger partial charge in [0, 0.05) is 36.5 Å². The van der Waals surface area contributed by atoms with Crippen molar-refractivity contribution in [3.05, 3.63) is 58.4 Å². The van der Waals surface area contributed by atoms with E-state index in [4.69, 9.17) is 4.74 Å². The summed E-state index contributed by atoms with van der Waals surface area (Å²) in [5, 5.41) is 12.3. The van der Waals surface area contributed by atoms with Gasteiger partial charge in [-0.15, -0.1) is 0 Å². The highest BCUT2D eigenvalue weighted by Gasteiger charge is 2.53. The normalized spacial score (nSPS) is 30.6. The number of azo groups is 1. The first-order chi connectivity index (χ1) is 14.4. The van der Waals surface area contributed by atoms with Gasteiger partial charge in [0.1, 0.15) is 0 Å². The third-order valence-corrected chi connectivity index (χ3v) is 7.38. The van der Waals surface area contributed by atoms with Crippen LogP contribution in [0.25, 0.3) is 0 Å². The Hall–Kier alpha value is -2.27. The number of ether oxygens (including phenoxy) is 1. The molecular weight excluding hydrogens is 374 g/mol. The van der Waals surface area contributed by atoms with E-state index in [1.165, 1.54) is 11.1 Å². The molecule has 3 aliphatic heterocycles. The molecule has 30 heavy (non-hydrogen) atoms. The van der Waals surface area contributed by atoms with Gasteiger partial charge in [0.25, 0.3) is 0 Å². The Kier molecular flexibility index (Phi) is 4.69. The van der Waals surface area contributed by atoms with Crippen LogP contribution in [-0.2, 0) is 14.9 Å². The summed E-state index contributed by atoms with van der Waals surface area (Å²) in [7, 11) is 0. The molecule has 2 atom stereocenters. The van der Waals surface area contributed by atoms with E-state index in [2.05, 4.69) is 60.6 Å². The van der Waals surface area contributed by atoms with Crippen LogP contribution in [0.1, 0.15) is 69.9 Å². The number of Topliss-reactive ketones (excluding diaryl/α,β-unsaturated/α-hetero) is 1. The summed E-state index contributed by atoms with van der Waals surface area (Å²) in [5.74, 6) is 0.782. The number of hydrogen-bond acceptors (Lipinski definition) is 5. The molecular formula is C25H31N3O2. The largest absolute Gasteiger partial charge is 0.381 e. The molecule has 1 aromatic carbocycles. The van der Waals surface area contributed by atoms with Crippen molar-refractivity contribution in [3.63, 3.8) is 0 Å². The molecule has 158 valence electrons. The van der Waals surface area contributed by atoms with Crippen LogP contribution in [0, 0.1) is 5.41 Å². The molecule has 1 saturated heterocycles. The van der Waals surface area contributed by atoms with Crippen LogP contribution in [0.3, 0.4) is 0 Å². The number of hydrogen-bond donors (Lipinski definition) is 1. The van der Waals surface area contributed by atoms with Crippen molar-refractivity contribution >= 4 is 5.78 Å². The molecule has 5 heteroatoms. The minimum absolute atomic E-state index is 0.0384. The number of carbonyl (C=O) groups excluding carboxylic acids is 1. The average Bonchev–Trinajstić information content (AvgIpc) is 3.21. The van der Waals surface area contributed by atoms with Crippen LogP contribution in [0.4, 0.5) is 0 Å². The molecule has 3 heterocycles. The quantitative estimate of drug-likeness (QED) is 0.756. The Morgan fingerprint density at radius 3 is 2.77 bits per heavy atom. The van der Waals surface area contributed by atoms with Crippen molar-refractivity contribution in [1.29, 1.82) is 0 Å². The zero-order valence-electron chi connectivity index (χ0n) is 18.2. The molecule has 2 unspecified atom stereocenters. The van der Waals surface area contributed by atoms with Crippen LogP contribution in [0.15, 0.2) is 57.5 Å². The molecule has 1 fully saturated rings. The summed E-state index contributed by atoms with van der Waals surface area (Å²) < 4.78 is 5.58. The summed E-state index contributed by atoms with van der Waals surface area (Å²) in [6, 6.07) is 8.94. The number of ketones is 1. The fourth-order valence-electron chi connectivity index (χ4n) is 5.98. The first-order valence-corrected chi connectivity index (χ1v) is 11.3. The van der Waals surface area contributed by atoms with E-state index < -0.39 is 5.41 Å². The second kappa shape index (κ2) is 7.16. The number of carbonyl (C=O) groups is 1. The maximum Gasteiger partial charge on any atom is 0.164 e. The fraction of sp³-hybridized carbons (Fsp3) is 0.560. The van der Waals surface area contributed by atoms with E-state index in [1.54, 1.807) is 0 Å². The van der Waals surface area contributed by atoms with Gasteiger partial charge >= 0.3 is 0 Å². The van der Waals surface area contributed by atoms with Crippen molar-refractivity contribution < 1.29 is 9.53 Å². The van der Waals surface area contributed by atoms with Crippen LogP contribution in [-0.4, -0.2) is 25.2 Å². The molecule has 4 aliphatic rings. The van der Waals surface area contributed by atoms with Crippen LogP contribution >= 0.6 is 0 Å². The zero-order valence-corrected chi connectivity index (χ0v) is 18.2. The number of allylic oxidation sites excluding steroid dienone is 2. The lowest BCUT2D eigenvalue weighted by molar-refractivity contribution is -0.119. The molecule has 1 N–H and O–H groups in total. The number of nitrogens with zero attached hydrogens (tertiary/aromatic N) is 2. The van der Waals surface area contributed by atoms with Gasteiger partial charge in [0.2, 0.25) is 0 Å². The highest BCUT2D eigenvalue weighted by Crippen LogP contribution is 2.54. The Bertz CT molecular complexity index is 968. The lowest BCUT2D eigenvalue weighted by atomic mass is 9.58. The molecule has 0 radical (unpaired) electrons. The monoisotopic (exact) mass is 405 g/mol. The highest BCUT2D eigenvalue weighted by atomic mass is 16.5. The van der Waals surface area contributed by atoms with E-state index in [-0.39, 0.29) is 17.4 Å². The summed E-state index contributed by atoms with van der Waals surface area (Å²) in [4.78, 5) is 13.6. The van der Waals surface area contributed by atoms with Gasteiger partial charge in [-0.3, -0.25) is 4.79 Å². The first-order valence-electron chi connectivity index (χ1n) is 11.3. The van der Waals surface area contributed by atoms with E-state index in [9.17, 15) is 4.79 Å². The predicted molar refractivity (Wildman–Crippen MR) is 116 cm³/mol. The van der Waals surface area contributed by atoms with E-state index >= 15 is 0 Å². The molecule has 0 amide bonds. The summed E-state index contributed by atoms with van der Waals surface area (Å²) in [5.41, 5.74) is 5.20. The van der Waals surface area contributed by atoms with Crippen LogP contribution in [0.2, 0.25) is 0 Å². The van der Waals surface area contributed by atoms with Gasteiger partial charge in [0.15, 0.2) is 11.9 Å². The molecule has 0 saturated carbocycles. The molecule has 1 aromatic rings. The minimum atomic E-state index is -0.455. The molecule has 0 spiro atoms. The van der Waals surface area contributed by atoms with Gasteiger partial charge in [-0.25, -0.2) is 0 Å². The third-order valence-electron chi connectivity index (χ3n) is 7.38.